The zero-order valence-electron chi connectivity index (χ0n) is 13.0. The van der Waals surface area contributed by atoms with Crippen molar-refractivity contribution < 1.29 is 9.13 Å². The van der Waals surface area contributed by atoms with Gasteiger partial charge in [-0.3, -0.25) is 0 Å². The normalized spacial score (nSPS) is 12.5. The summed E-state index contributed by atoms with van der Waals surface area (Å²) >= 11 is 0. The minimum Gasteiger partial charge on any atom is -0.457 e. The maximum absolute atomic E-state index is 14.1. The van der Waals surface area contributed by atoms with Gasteiger partial charge in [-0.25, -0.2) is 4.39 Å². The molecule has 0 amide bonds. The number of halogens is 1. The summed E-state index contributed by atoms with van der Waals surface area (Å²) in [5, 5.41) is 3.06. The molecular weight excluding hydrogens is 265 g/mol. The zero-order chi connectivity index (χ0) is 15.4. The van der Waals surface area contributed by atoms with Gasteiger partial charge in [0.1, 0.15) is 17.3 Å². The summed E-state index contributed by atoms with van der Waals surface area (Å²) in [5.41, 5.74) is 1.75. The Labute approximate surface area is 126 Å². The molecule has 0 heterocycles. The summed E-state index contributed by atoms with van der Waals surface area (Å²) in [6.07, 6.45) is 0. The third-order valence-corrected chi connectivity index (χ3v) is 3.63. The lowest BCUT2D eigenvalue weighted by Gasteiger charge is -2.17. The SMILES string of the molecule is CNC(C)c1c(F)cccc1Oc1cccc(C(C)C)c1. The van der Waals surface area contributed by atoms with Crippen molar-refractivity contribution in [3.05, 3.63) is 59.4 Å². The molecule has 0 saturated heterocycles. The van der Waals surface area contributed by atoms with Crippen molar-refractivity contribution in [2.75, 3.05) is 7.05 Å². The number of nitrogens with one attached hydrogen (secondary N) is 1. The molecule has 21 heavy (non-hydrogen) atoms. The Balaban J connectivity index is 2.35. The third-order valence-electron chi connectivity index (χ3n) is 3.63. The van der Waals surface area contributed by atoms with Crippen molar-refractivity contribution in [3.63, 3.8) is 0 Å². The molecule has 0 radical (unpaired) electrons. The van der Waals surface area contributed by atoms with Crippen LogP contribution in [0.4, 0.5) is 4.39 Å². The molecule has 2 nitrogen and oxygen atoms in total. The molecule has 2 aromatic rings. The second-order valence-electron chi connectivity index (χ2n) is 5.49. The van der Waals surface area contributed by atoms with Crippen LogP contribution in [0.15, 0.2) is 42.5 Å². The van der Waals surface area contributed by atoms with Gasteiger partial charge in [-0.1, -0.05) is 32.0 Å². The van der Waals surface area contributed by atoms with Gasteiger partial charge < -0.3 is 10.1 Å². The predicted octanol–water partition coefficient (Wildman–Crippen LogP) is 5.02. The summed E-state index contributed by atoms with van der Waals surface area (Å²) in [6, 6.07) is 12.7. The maximum atomic E-state index is 14.1. The molecule has 0 aliphatic carbocycles. The molecule has 0 saturated carbocycles. The average Bonchev–Trinajstić information content (AvgIpc) is 2.47. The highest BCUT2D eigenvalue weighted by Gasteiger charge is 2.16. The molecule has 2 rings (SSSR count). The van der Waals surface area contributed by atoms with Gasteiger partial charge in [0, 0.05) is 11.6 Å². The second-order valence-corrected chi connectivity index (χ2v) is 5.49. The molecule has 1 unspecified atom stereocenters. The van der Waals surface area contributed by atoms with E-state index in [-0.39, 0.29) is 11.9 Å². The van der Waals surface area contributed by atoms with Crippen LogP contribution in [0.25, 0.3) is 0 Å². The van der Waals surface area contributed by atoms with E-state index in [9.17, 15) is 4.39 Å². The lowest BCUT2D eigenvalue weighted by molar-refractivity contribution is 0.452. The highest BCUT2D eigenvalue weighted by molar-refractivity contribution is 5.41. The molecule has 0 aliphatic heterocycles. The van der Waals surface area contributed by atoms with E-state index >= 15 is 0 Å². The van der Waals surface area contributed by atoms with Crippen molar-refractivity contribution in [2.24, 2.45) is 0 Å². The Morgan fingerprint density at radius 3 is 2.43 bits per heavy atom. The van der Waals surface area contributed by atoms with Crippen molar-refractivity contribution in [2.45, 2.75) is 32.7 Å². The zero-order valence-corrected chi connectivity index (χ0v) is 13.0. The highest BCUT2D eigenvalue weighted by Crippen LogP contribution is 2.32. The molecule has 1 N–H and O–H groups in total. The lowest BCUT2D eigenvalue weighted by Crippen LogP contribution is -2.14. The van der Waals surface area contributed by atoms with Gasteiger partial charge in [-0.15, -0.1) is 0 Å². The molecule has 0 spiro atoms. The summed E-state index contributed by atoms with van der Waals surface area (Å²) in [4.78, 5) is 0. The topological polar surface area (TPSA) is 21.3 Å². The summed E-state index contributed by atoms with van der Waals surface area (Å²) in [6.45, 7) is 6.18. The smallest absolute Gasteiger partial charge is 0.135 e. The maximum Gasteiger partial charge on any atom is 0.135 e. The van der Waals surface area contributed by atoms with E-state index in [0.29, 0.717) is 17.2 Å². The molecule has 2 aromatic carbocycles. The summed E-state index contributed by atoms with van der Waals surface area (Å²) < 4.78 is 20.0. The average molecular weight is 287 g/mol. The van der Waals surface area contributed by atoms with Crippen LogP contribution in [0, 0.1) is 5.82 Å². The Bertz CT molecular complexity index is 610. The molecule has 0 aromatic heterocycles. The predicted molar refractivity (Wildman–Crippen MR) is 84.5 cm³/mol. The Hall–Kier alpha value is -1.87. The quantitative estimate of drug-likeness (QED) is 0.833. The first-order valence-electron chi connectivity index (χ1n) is 7.26. The van der Waals surface area contributed by atoms with Crippen molar-refractivity contribution in [3.8, 4) is 11.5 Å². The largest absolute Gasteiger partial charge is 0.457 e. The van der Waals surface area contributed by atoms with E-state index in [1.165, 1.54) is 11.6 Å². The van der Waals surface area contributed by atoms with E-state index in [1.54, 1.807) is 19.2 Å². The van der Waals surface area contributed by atoms with E-state index in [1.807, 2.05) is 25.1 Å². The fourth-order valence-electron chi connectivity index (χ4n) is 2.23. The van der Waals surface area contributed by atoms with Gasteiger partial charge in [-0.2, -0.15) is 0 Å². The van der Waals surface area contributed by atoms with Crippen LogP contribution in [0.5, 0.6) is 11.5 Å². The van der Waals surface area contributed by atoms with Crippen molar-refractivity contribution in [1.82, 2.24) is 5.32 Å². The molecule has 0 fully saturated rings. The molecule has 3 heteroatoms. The number of hydrogen-bond donors (Lipinski definition) is 1. The third kappa shape index (κ3) is 3.61. The summed E-state index contributed by atoms with van der Waals surface area (Å²) in [5.74, 6) is 1.46. The van der Waals surface area contributed by atoms with Crippen molar-refractivity contribution >= 4 is 0 Å². The fraction of sp³-hybridized carbons (Fsp3) is 0.333. The van der Waals surface area contributed by atoms with Gasteiger partial charge in [0.05, 0.1) is 0 Å². The molecule has 0 bridgehead atoms. The van der Waals surface area contributed by atoms with Crippen LogP contribution in [0.1, 0.15) is 43.9 Å². The van der Waals surface area contributed by atoms with E-state index < -0.39 is 0 Å². The van der Waals surface area contributed by atoms with Gasteiger partial charge in [0.25, 0.3) is 0 Å². The van der Waals surface area contributed by atoms with Crippen LogP contribution in [-0.4, -0.2) is 7.05 Å². The van der Waals surface area contributed by atoms with Gasteiger partial charge >= 0.3 is 0 Å². The monoisotopic (exact) mass is 287 g/mol. The van der Waals surface area contributed by atoms with Crippen LogP contribution < -0.4 is 10.1 Å². The standard InChI is InChI=1S/C18H22FNO/c1-12(2)14-7-5-8-15(11-14)21-17-10-6-9-16(19)18(17)13(3)20-4/h5-13,20H,1-4H3. The Kier molecular flexibility index (Phi) is 4.97. The van der Waals surface area contributed by atoms with Crippen LogP contribution in [-0.2, 0) is 0 Å². The highest BCUT2D eigenvalue weighted by atomic mass is 19.1. The lowest BCUT2D eigenvalue weighted by atomic mass is 10.0. The number of hydrogen-bond acceptors (Lipinski definition) is 2. The van der Waals surface area contributed by atoms with Gasteiger partial charge in [-0.05, 0) is 49.7 Å². The molecule has 0 aliphatic rings. The molecule has 112 valence electrons. The van der Waals surface area contributed by atoms with Crippen LogP contribution >= 0.6 is 0 Å². The minimum atomic E-state index is -0.255. The first-order valence-corrected chi connectivity index (χ1v) is 7.26. The van der Waals surface area contributed by atoms with E-state index in [2.05, 4.69) is 25.2 Å². The summed E-state index contributed by atoms with van der Waals surface area (Å²) in [7, 11) is 1.81. The first-order chi connectivity index (χ1) is 10.0. The van der Waals surface area contributed by atoms with E-state index in [4.69, 9.17) is 4.74 Å². The van der Waals surface area contributed by atoms with Gasteiger partial charge in [0.15, 0.2) is 0 Å². The molecule has 1 atom stereocenters. The Morgan fingerprint density at radius 1 is 1.05 bits per heavy atom. The second kappa shape index (κ2) is 6.72. The Morgan fingerprint density at radius 2 is 1.76 bits per heavy atom. The van der Waals surface area contributed by atoms with Crippen LogP contribution in [0.2, 0.25) is 0 Å². The number of rotatable bonds is 5. The number of ether oxygens (including phenoxy) is 1. The van der Waals surface area contributed by atoms with Crippen LogP contribution in [0.3, 0.4) is 0 Å². The number of benzene rings is 2. The first kappa shape index (κ1) is 15.5. The molecular formula is C18H22FNO. The van der Waals surface area contributed by atoms with E-state index in [0.717, 1.165) is 5.75 Å². The minimum absolute atomic E-state index is 0.116. The van der Waals surface area contributed by atoms with Crippen molar-refractivity contribution in [1.29, 1.82) is 0 Å². The fourth-order valence-corrected chi connectivity index (χ4v) is 2.23. The van der Waals surface area contributed by atoms with Gasteiger partial charge in [0.2, 0.25) is 0 Å².